The molecule has 2 aromatic rings. The monoisotopic (exact) mass is 219 g/mol. The van der Waals surface area contributed by atoms with Crippen LogP contribution in [0.1, 0.15) is 16.1 Å². The lowest BCUT2D eigenvalue weighted by molar-refractivity contribution is 0.0923. The Labute approximate surface area is 91.9 Å². The van der Waals surface area contributed by atoms with Crippen LogP contribution in [0.3, 0.4) is 0 Å². The summed E-state index contributed by atoms with van der Waals surface area (Å²) in [4.78, 5) is 11.5. The van der Waals surface area contributed by atoms with Gasteiger partial charge in [-0.25, -0.2) is 4.39 Å². The van der Waals surface area contributed by atoms with Crippen molar-refractivity contribution in [2.24, 2.45) is 0 Å². The number of carbonyl (C=O) groups is 1. The van der Waals surface area contributed by atoms with Crippen LogP contribution in [0.15, 0.2) is 47.1 Å². The van der Waals surface area contributed by atoms with Gasteiger partial charge in [-0.05, 0) is 18.2 Å². The van der Waals surface area contributed by atoms with Crippen molar-refractivity contribution in [1.29, 1.82) is 0 Å². The Balaban J connectivity index is 1.98. The smallest absolute Gasteiger partial charge is 0.287 e. The first-order chi connectivity index (χ1) is 7.77. The molecule has 1 amide bonds. The minimum Gasteiger partial charge on any atom is -0.459 e. The molecule has 0 saturated heterocycles. The summed E-state index contributed by atoms with van der Waals surface area (Å²) in [7, 11) is 0. The lowest BCUT2D eigenvalue weighted by Gasteiger charge is -2.04. The van der Waals surface area contributed by atoms with Gasteiger partial charge in [0.1, 0.15) is 5.82 Å². The predicted octanol–water partition coefficient (Wildman–Crippen LogP) is 2.35. The fourth-order valence-corrected chi connectivity index (χ4v) is 1.31. The van der Waals surface area contributed by atoms with Crippen LogP contribution in [-0.4, -0.2) is 5.91 Å². The average molecular weight is 219 g/mol. The van der Waals surface area contributed by atoms with Gasteiger partial charge in [-0.15, -0.1) is 0 Å². The van der Waals surface area contributed by atoms with E-state index in [1.807, 2.05) is 0 Å². The van der Waals surface area contributed by atoms with Gasteiger partial charge in [0.25, 0.3) is 5.91 Å². The first-order valence-electron chi connectivity index (χ1n) is 4.82. The molecule has 1 N–H and O–H groups in total. The van der Waals surface area contributed by atoms with E-state index < -0.39 is 0 Å². The number of furan rings is 1. The molecule has 0 aliphatic carbocycles. The average Bonchev–Trinajstić information content (AvgIpc) is 2.81. The van der Waals surface area contributed by atoms with Gasteiger partial charge >= 0.3 is 0 Å². The van der Waals surface area contributed by atoms with Crippen molar-refractivity contribution in [2.45, 2.75) is 6.54 Å². The lowest BCUT2D eigenvalue weighted by Crippen LogP contribution is -2.22. The van der Waals surface area contributed by atoms with Crippen LogP contribution in [0.5, 0.6) is 0 Å². The van der Waals surface area contributed by atoms with E-state index in [2.05, 4.69) is 5.32 Å². The minimum atomic E-state index is -0.353. The second-order valence-electron chi connectivity index (χ2n) is 3.25. The van der Waals surface area contributed by atoms with E-state index >= 15 is 0 Å². The van der Waals surface area contributed by atoms with Gasteiger partial charge in [0.05, 0.1) is 6.26 Å². The summed E-state index contributed by atoms with van der Waals surface area (Å²) in [5, 5.41) is 2.57. The first-order valence-corrected chi connectivity index (χ1v) is 4.82. The molecule has 0 saturated carbocycles. The maximum atomic E-state index is 13.2. The third-order valence-electron chi connectivity index (χ3n) is 2.14. The Morgan fingerprint density at radius 1 is 1.25 bits per heavy atom. The van der Waals surface area contributed by atoms with E-state index in [0.717, 1.165) is 0 Å². The summed E-state index contributed by atoms with van der Waals surface area (Å²) in [5.41, 5.74) is 0.447. The van der Waals surface area contributed by atoms with Crippen molar-refractivity contribution in [1.82, 2.24) is 5.32 Å². The normalized spacial score (nSPS) is 10.1. The molecular weight excluding hydrogens is 209 g/mol. The summed E-state index contributed by atoms with van der Waals surface area (Å²) in [6.45, 7) is 0.145. The highest BCUT2D eigenvalue weighted by Gasteiger charge is 2.08. The van der Waals surface area contributed by atoms with Crippen molar-refractivity contribution in [3.63, 3.8) is 0 Å². The van der Waals surface area contributed by atoms with Gasteiger partial charge in [0.2, 0.25) is 0 Å². The zero-order chi connectivity index (χ0) is 11.4. The summed E-state index contributed by atoms with van der Waals surface area (Å²) < 4.78 is 18.1. The van der Waals surface area contributed by atoms with Crippen LogP contribution in [0.25, 0.3) is 0 Å². The van der Waals surface area contributed by atoms with Crippen LogP contribution in [0.2, 0.25) is 0 Å². The molecule has 4 heteroatoms. The highest BCUT2D eigenvalue weighted by Crippen LogP contribution is 2.06. The largest absolute Gasteiger partial charge is 0.459 e. The van der Waals surface area contributed by atoms with Gasteiger partial charge in [0.15, 0.2) is 5.76 Å². The van der Waals surface area contributed by atoms with Crippen LogP contribution in [-0.2, 0) is 6.54 Å². The molecule has 1 aromatic heterocycles. The number of benzene rings is 1. The molecule has 1 heterocycles. The fourth-order valence-electron chi connectivity index (χ4n) is 1.31. The van der Waals surface area contributed by atoms with E-state index in [1.54, 1.807) is 30.3 Å². The van der Waals surface area contributed by atoms with Crippen LogP contribution in [0, 0.1) is 5.82 Å². The summed E-state index contributed by atoms with van der Waals surface area (Å²) in [6, 6.07) is 9.48. The molecule has 2 rings (SSSR count). The molecule has 1 aromatic carbocycles. The highest BCUT2D eigenvalue weighted by atomic mass is 19.1. The van der Waals surface area contributed by atoms with Crippen molar-refractivity contribution in [2.75, 3.05) is 0 Å². The zero-order valence-corrected chi connectivity index (χ0v) is 8.44. The molecule has 3 nitrogen and oxygen atoms in total. The molecule has 0 spiro atoms. The van der Waals surface area contributed by atoms with Gasteiger partial charge in [-0.3, -0.25) is 4.79 Å². The Bertz CT molecular complexity index is 480. The van der Waals surface area contributed by atoms with E-state index in [0.29, 0.717) is 5.56 Å². The predicted molar refractivity (Wildman–Crippen MR) is 56.3 cm³/mol. The summed E-state index contributed by atoms with van der Waals surface area (Å²) >= 11 is 0. The second kappa shape index (κ2) is 4.61. The lowest BCUT2D eigenvalue weighted by atomic mass is 10.2. The molecule has 0 atom stereocenters. The van der Waals surface area contributed by atoms with Crippen molar-refractivity contribution < 1.29 is 13.6 Å². The standard InChI is InChI=1S/C12H10FNO2/c13-10-5-2-1-4-9(10)8-14-12(15)11-6-3-7-16-11/h1-7H,8H2,(H,14,15). The number of amides is 1. The topological polar surface area (TPSA) is 42.2 Å². The molecule has 0 aliphatic rings. The van der Waals surface area contributed by atoms with Crippen LogP contribution in [0.4, 0.5) is 4.39 Å². The van der Waals surface area contributed by atoms with Gasteiger partial charge < -0.3 is 9.73 Å². The first kappa shape index (κ1) is 10.4. The molecule has 16 heavy (non-hydrogen) atoms. The number of hydrogen-bond acceptors (Lipinski definition) is 2. The van der Waals surface area contributed by atoms with E-state index in [9.17, 15) is 9.18 Å². The van der Waals surface area contributed by atoms with Crippen molar-refractivity contribution >= 4 is 5.91 Å². The molecule has 0 bridgehead atoms. The highest BCUT2D eigenvalue weighted by molar-refractivity contribution is 5.91. The third kappa shape index (κ3) is 2.28. The summed E-state index contributed by atoms with van der Waals surface area (Å²) in [6.07, 6.45) is 1.41. The Hall–Kier alpha value is -2.10. The number of hydrogen-bond donors (Lipinski definition) is 1. The minimum absolute atomic E-state index is 0.145. The molecular formula is C12H10FNO2. The number of rotatable bonds is 3. The Morgan fingerprint density at radius 2 is 2.06 bits per heavy atom. The Kier molecular flexibility index (Phi) is 3.00. The van der Waals surface area contributed by atoms with Gasteiger partial charge in [-0.1, -0.05) is 18.2 Å². The molecule has 82 valence electrons. The third-order valence-corrected chi connectivity index (χ3v) is 2.14. The van der Waals surface area contributed by atoms with E-state index in [4.69, 9.17) is 4.42 Å². The van der Waals surface area contributed by atoms with Crippen LogP contribution < -0.4 is 5.32 Å². The zero-order valence-electron chi connectivity index (χ0n) is 8.44. The van der Waals surface area contributed by atoms with Gasteiger partial charge in [0, 0.05) is 12.1 Å². The van der Waals surface area contributed by atoms with Crippen molar-refractivity contribution in [3.8, 4) is 0 Å². The number of halogens is 1. The molecule has 0 unspecified atom stereocenters. The molecule has 0 aliphatic heterocycles. The molecule has 0 fully saturated rings. The maximum absolute atomic E-state index is 13.2. The van der Waals surface area contributed by atoms with Gasteiger partial charge in [-0.2, -0.15) is 0 Å². The maximum Gasteiger partial charge on any atom is 0.287 e. The van der Waals surface area contributed by atoms with Crippen molar-refractivity contribution in [3.05, 3.63) is 59.8 Å². The van der Waals surface area contributed by atoms with E-state index in [-0.39, 0.29) is 24.0 Å². The van der Waals surface area contributed by atoms with E-state index in [1.165, 1.54) is 12.3 Å². The van der Waals surface area contributed by atoms with Crippen LogP contribution >= 0.6 is 0 Å². The summed E-state index contributed by atoms with van der Waals surface area (Å²) in [5.74, 6) is -0.466. The second-order valence-corrected chi connectivity index (χ2v) is 3.25. The number of nitrogens with one attached hydrogen (secondary N) is 1. The number of carbonyl (C=O) groups excluding carboxylic acids is 1. The quantitative estimate of drug-likeness (QED) is 0.860. The SMILES string of the molecule is O=C(NCc1ccccc1F)c1ccco1. The fraction of sp³-hybridized carbons (Fsp3) is 0.0833. The Morgan fingerprint density at radius 3 is 2.75 bits per heavy atom. The molecule has 0 radical (unpaired) electrons.